The van der Waals surface area contributed by atoms with Crippen LogP contribution in [0.25, 0.3) is 0 Å². The molecule has 1 aliphatic rings. The maximum atomic E-state index is 11.7. The highest BCUT2D eigenvalue weighted by molar-refractivity contribution is 7.80. The lowest BCUT2D eigenvalue weighted by Gasteiger charge is -2.33. The van der Waals surface area contributed by atoms with Crippen LogP contribution in [0.3, 0.4) is 0 Å². The Morgan fingerprint density at radius 1 is 1.18 bits per heavy atom. The van der Waals surface area contributed by atoms with Gasteiger partial charge in [-0.15, -0.1) is 0 Å². The predicted octanol–water partition coefficient (Wildman–Crippen LogP) is 2.07. The number of hydrogen-bond donors (Lipinski definition) is 1. The monoisotopic (exact) mass is 315 g/mol. The van der Waals surface area contributed by atoms with Crippen molar-refractivity contribution < 1.29 is 13.6 Å². The summed E-state index contributed by atoms with van der Waals surface area (Å²) in [6, 6.07) is 13.9. The quantitative estimate of drug-likeness (QED) is 0.876. The minimum atomic E-state index is -2.40. The fourth-order valence-electron chi connectivity index (χ4n) is 3.05. The van der Waals surface area contributed by atoms with Crippen LogP contribution in [0.15, 0.2) is 48.5 Å². The second-order valence-corrected chi connectivity index (χ2v) is 6.00. The number of fused-ring (bicyclic) bond motifs is 1. The van der Waals surface area contributed by atoms with Gasteiger partial charge in [0.1, 0.15) is 0 Å². The lowest BCUT2D eigenvalue weighted by atomic mass is 10.0. The van der Waals surface area contributed by atoms with Gasteiger partial charge < -0.3 is 10.3 Å². The molecule has 22 heavy (non-hydrogen) atoms. The molecular weight excluding hydrogens is 300 g/mol. The summed E-state index contributed by atoms with van der Waals surface area (Å²) in [7, 11) is 0. The third-order valence-corrected chi connectivity index (χ3v) is 4.75. The van der Waals surface area contributed by atoms with Crippen molar-refractivity contribution in [1.82, 2.24) is 0 Å². The fourth-order valence-corrected chi connectivity index (χ4v) is 3.77. The summed E-state index contributed by atoms with van der Waals surface area (Å²) in [5.74, 6) is -0.480. The van der Waals surface area contributed by atoms with Crippen molar-refractivity contribution in [1.29, 1.82) is 0 Å². The van der Waals surface area contributed by atoms with Crippen molar-refractivity contribution in [3.63, 3.8) is 0 Å². The van der Waals surface area contributed by atoms with Crippen LogP contribution in [0.5, 0.6) is 0 Å². The molecule has 0 saturated heterocycles. The zero-order valence-electron chi connectivity index (χ0n) is 11.8. The van der Waals surface area contributed by atoms with E-state index in [4.69, 9.17) is 5.73 Å². The van der Waals surface area contributed by atoms with Crippen molar-refractivity contribution in [2.24, 2.45) is 5.73 Å². The highest BCUT2D eigenvalue weighted by atomic mass is 32.2. The third kappa shape index (κ3) is 2.51. The van der Waals surface area contributed by atoms with Gasteiger partial charge in [-0.25, -0.2) is 0 Å². The molecule has 0 fully saturated rings. The summed E-state index contributed by atoms with van der Waals surface area (Å²) < 4.78 is 24.9. The predicted molar refractivity (Wildman–Crippen MR) is 83.9 cm³/mol. The number of carbonyl (C=O) groups excluding carboxylic acids is 1. The van der Waals surface area contributed by atoms with Crippen LogP contribution in [0.4, 0.5) is 5.69 Å². The van der Waals surface area contributed by atoms with Gasteiger partial charge in [0.05, 0.1) is 6.04 Å². The minimum Gasteiger partial charge on any atom is -0.755 e. The van der Waals surface area contributed by atoms with E-state index in [1.807, 2.05) is 12.1 Å². The van der Waals surface area contributed by atoms with Crippen LogP contribution in [-0.2, 0) is 17.7 Å². The van der Waals surface area contributed by atoms with Crippen LogP contribution >= 0.6 is 0 Å². The normalized spacial score (nSPS) is 17.8. The highest BCUT2D eigenvalue weighted by Gasteiger charge is 2.31. The molecule has 0 bridgehead atoms. The zero-order valence-corrected chi connectivity index (χ0v) is 12.6. The van der Waals surface area contributed by atoms with Gasteiger partial charge in [-0.1, -0.05) is 30.3 Å². The second-order valence-electron chi connectivity index (χ2n) is 5.17. The van der Waals surface area contributed by atoms with Crippen LogP contribution in [0.2, 0.25) is 0 Å². The fraction of sp³-hybridized carbons (Fsp3) is 0.188. The van der Waals surface area contributed by atoms with Crippen LogP contribution in [0.1, 0.15) is 33.9 Å². The van der Waals surface area contributed by atoms with Crippen molar-refractivity contribution in [2.75, 3.05) is 4.31 Å². The summed E-state index contributed by atoms with van der Waals surface area (Å²) in [5, 5.41) is 0. The number of nitrogens with zero attached hydrogens (tertiary/aromatic N) is 1. The largest absolute Gasteiger partial charge is 0.755 e. The minimum absolute atomic E-state index is 0.310. The summed E-state index contributed by atoms with van der Waals surface area (Å²) in [4.78, 5) is 11.5. The Bertz CT molecular complexity index is 733. The number of carbonyl (C=O) groups is 1. The topological polar surface area (TPSA) is 86.5 Å². The van der Waals surface area contributed by atoms with Gasteiger partial charge in [0.25, 0.3) is 0 Å². The lowest BCUT2D eigenvalue weighted by Crippen LogP contribution is -2.29. The van der Waals surface area contributed by atoms with Gasteiger partial charge in [-0.05, 0) is 42.2 Å². The van der Waals surface area contributed by atoms with E-state index in [1.165, 1.54) is 4.31 Å². The van der Waals surface area contributed by atoms with Crippen molar-refractivity contribution in [2.45, 2.75) is 18.9 Å². The van der Waals surface area contributed by atoms with Gasteiger partial charge in [0.2, 0.25) is 5.91 Å². The van der Waals surface area contributed by atoms with Crippen molar-refractivity contribution in [3.8, 4) is 0 Å². The molecular formula is C16H15N2O3S-. The molecule has 114 valence electrons. The number of amides is 1. The van der Waals surface area contributed by atoms with Crippen LogP contribution in [-0.4, -0.2) is 14.7 Å². The molecule has 6 heteroatoms. The number of rotatable bonds is 4. The first-order chi connectivity index (χ1) is 10.6. The van der Waals surface area contributed by atoms with Gasteiger partial charge in [0.15, 0.2) is 0 Å². The van der Waals surface area contributed by atoms with E-state index >= 15 is 0 Å². The molecule has 0 spiro atoms. The van der Waals surface area contributed by atoms with Gasteiger partial charge in [0, 0.05) is 22.5 Å². The first-order valence-electron chi connectivity index (χ1n) is 6.95. The Hall–Kier alpha value is -2.18. The van der Waals surface area contributed by atoms with Crippen LogP contribution in [0, 0.1) is 0 Å². The molecule has 2 aromatic carbocycles. The Morgan fingerprint density at radius 2 is 1.91 bits per heavy atom. The molecule has 0 radical (unpaired) electrons. The maximum Gasteiger partial charge on any atom is 0.248 e. The van der Waals surface area contributed by atoms with E-state index in [1.54, 1.807) is 36.4 Å². The molecule has 2 atom stereocenters. The lowest BCUT2D eigenvalue weighted by molar-refractivity contribution is 0.0999. The van der Waals surface area contributed by atoms with E-state index in [-0.39, 0.29) is 6.04 Å². The van der Waals surface area contributed by atoms with Crippen molar-refractivity contribution >= 4 is 22.9 Å². The molecule has 5 nitrogen and oxygen atoms in total. The SMILES string of the molecule is NC(=O)c1cccc2c1CCC2N(c1ccccc1)S(=O)[O-]. The Kier molecular flexibility index (Phi) is 3.96. The van der Waals surface area contributed by atoms with Crippen LogP contribution < -0.4 is 10.0 Å². The van der Waals surface area contributed by atoms with E-state index in [0.29, 0.717) is 24.1 Å². The van der Waals surface area contributed by atoms with Gasteiger partial charge in [-0.3, -0.25) is 13.3 Å². The molecule has 3 rings (SSSR count). The Balaban J connectivity index is 2.06. The highest BCUT2D eigenvalue weighted by Crippen LogP contribution is 2.40. The standard InChI is InChI=1S/C16H16N2O3S/c17-16(19)14-8-4-7-13-12(14)9-10-15(13)18(22(20)21)11-5-2-1-3-6-11/h1-8,15H,9-10H2,(H2,17,19)(H,20,21)/p-1. The third-order valence-electron chi connectivity index (χ3n) is 3.96. The number of hydrogen-bond acceptors (Lipinski definition) is 3. The Labute approximate surface area is 131 Å². The maximum absolute atomic E-state index is 11.7. The first-order valence-corrected chi connectivity index (χ1v) is 7.98. The molecule has 1 aliphatic carbocycles. The summed E-state index contributed by atoms with van der Waals surface area (Å²) >= 11 is -2.40. The summed E-state index contributed by atoms with van der Waals surface area (Å²) in [6.07, 6.45) is 1.27. The smallest absolute Gasteiger partial charge is 0.248 e. The number of nitrogens with two attached hydrogens (primary N) is 1. The Morgan fingerprint density at radius 3 is 2.55 bits per heavy atom. The molecule has 0 heterocycles. The van der Waals surface area contributed by atoms with E-state index in [0.717, 1.165) is 11.1 Å². The van der Waals surface area contributed by atoms with Crippen molar-refractivity contribution in [3.05, 3.63) is 65.2 Å². The first kappa shape index (κ1) is 14.7. The summed E-state index contributed by atoms with van der Waals surface area (Å²) in [5.41, 5.74) is 8.20. The van der Waals surface area contributed by atoms with Gasteiger partial charge in [-0.2, -0.15) is 0 Å². The molecule has 1 amide bonds. The molecule has 2 aromatic rings. The van der Waals surface area contributed by atoms with E-state index in [2.05, 4.69) is 0 Å². The van der Waals surface area contributed by atoms with E-state index in [9.17, 15) is 13.6 Å². The average molecular weight is 315 g/mol. The molecule has 0 aliphatic heterocycles. The zero-order chi connectivity index (χ0) is 15.7. The summed E-state index contributed by atoms with van der Waals surface area (Å²) in [6.45, 7) is 0. The second kappa shape index (κ2) is 5.90. The number of primary amides is 1. The molecule has 2 unspecified atom stereocenters. The number of benzene rings is 2. The molecule has 0 aromatic heterocycles. The molecule has 0 saturated carbocycles. The number of anilines is 1. The van der Waals surface area contributed by atoms with Gasteiger partial charge >= 0.3 is 0 Å². The number of para-hydroxylation sites is 1. The average Bonchev–Trinajstić information content (AvgIpc) is 2.92. The van der Waals surface area contributed by atoms with E-state index < -0.39 is 17.2 Å². The molecule has 2 N–H and O–H groups in total.